The highest BCUT2D eigenvalue weighted by molar-refractivity contribution is 5.93. The van der Waals surface area contributed by atoms with Gasteiger partial charge in [0.1, 0.15) is 0 Å². The molecule has 0 N–H and O–H groups in total. The first-order valence-corrected chi connectivity index (χ1v) is 8.40. The minimum Gasteiger partial charge on any atom is -0.339 e. The first kappa shape index (κ1) is 16.4. The lowest BCUT2D eigenvalue weighted by Crippen LogP contribution is -2.39. The van der Waals surface area contributed by atoms with Crippen LogP contribution in [0.1, 0.15) is 34.5 Å². The van der Waals surface area contributed by atoms with Gasteiger partial charge in [0.25, 0.3) is 5.91 Å². The topological polar surface area (TPSA) is 55.2 Å². The predicted octanol–water partition coefficient (Wildman–Crippen LogP) is 2.18. The molecule has 5 nitrogen and oxygen atoms in total. The van der Waals surface area contributed by atoms with E-state index in [-0.39, 0.29) is 11.5 Å². The fourth-order valence-corrected chi connectivity index (χ4v) is 3.31. The molecule has 1 aliphatic heterocycles. The van der Waals surface area contributed by atoms with Gasteiger partial charge in [-0.15, -0.1) is 0 Å². The second kappa shape index (κ2) is 6.99. The smallest absolute Gasteiger partial charge is 0.255 e. The predicted molar refractivity (Wildman–Crippen MR) is 93.0 cm³/mol. The molecule has 0 spiro atoms. The van der Waals surface area contributed by atoms with Crippen LogP contribution in [0.2, 0.25) is 0 Å². The van der Waals surface area contributed by atoms with E-state index < -0.39 is 0 Å². The number of aryl methyl sites for hydroxylation is 2. The van der Waals surface area contributed by atoms with Crippen molar-refractivity contribution in [2.45, 2.75) is 26.2 Å². The number of rotatable bonds is 3. The van der Waals surface area contributed by atoms with Gasteiger partial charge in [-0.2, -0.15) is 0 Å². The number of hydrogen-bond donors (Lipinski definition) is 0. The van der Waals surface area contributed by atoms with Gasteiger partial charge in [-0.1, -0.05) is 0 Å². The largest absolute Gasteiger partial charge is 0.339 e. The van der Waals surface area contributed by atoms with E-state index in [1.807, 2.05) is 18.0 Å². The van der Waals surface area contributed by atoms with E-state index >= 15 is 0 Å². The molecule has 0 aliphatic carbocycles. The molecule has 3 heterocycles. The van der Waals surface area contributed by atoms with Crippen LogP contribution in [0.4, 0.5) is 0 Å². The van der Waals surface area contributed by atoms with Gasteiger partial charge in [-0.3, -0.25) is 14.6 Å². The standard InChI is InChI=1S/C19H23N3O2/c1-14-11-16(5-8-20-14)12-15-6-9-22(10-7-15)19(24)17-3-4-18(23)21(2)13-17/h3-5,8,11,13,15H,6-7,9-10,12H2,1-2H3. The molecule has 0 unspecified atom stereocenters. The minimum absolute atomic E-state index is 0.0174. The van der Waals surface area contributed by atoms with Crippen molar-refractivity contribution in [2.75, 3.05) is 13.1 Å². The summed E-state index contributed by atoms with van der Waals surface area (Å²) < 4.78 is 1.45. The Morgan fingerprint density at radius 2 is 2.00 bits per heavy atom. The number of carbonyl (C=O) groups excluding carboxylic acids is 1. The number of carbonyl (C=O) groups is 1. The maximum Gasteiger partial charge on any atom is 0.255 e. The normalized spacial score (nSPS) is 15.5. The lowest BCUT2D eigenvalue weighted by atomic mass is 9.90. The molecule has 0 atom stereocenters. The summed E-state index contributed by atoms with van der Waals surface area (Å²) in [5, 5.41) is 0. The first-order valence-electron chi connectivity index (χ1n) is 8.40. The molecule has 0 saturated carbocycles. The molecule has 1 fully saturated rings. The number of piperidine rings is 1. The third-order valence-electron chi connectivity index (χ3n) is 4.72. The van der Waals surface area contributed by atoms with Crippen molar-refractivity contribution in [3.8, 4) is 0 Å². The van der Waals surface area contributed by atoms with Gasteiger partial charge in [-0.25, -0.2) is 0 Å². The highest BCUT2D eigenvalue weighted by Gasteiger charge is 2.24. The molecule has 126 valence electrons. The molecule has 2 aromatic rings. The van der Waals surface area contributed by atoms with Crippen LogP contribution in [0.3, 0.4) is 0 Å². The third-order valence-corrected chi connectivity index (χ3v) is 4.72. The second-order valence-corrected chi connectivity index (χ2v) is 6.61. The van der Waals surface area contributed by atoms with Gasteiger partial charge in [0.15, 0.2) is 0 Å². The molecule has 0 bridgehead atoms. The monoisotopic (exact) mass is 325 g/mol. The van der Waals surface area contributed by atoms with Crippen molar-refractivity contribution in [1.29, 1.82) is 0 Å². The van der Waals surface area contributed by atoms with E-state index in [1.54, 1.807) is 19.3 Å². The zero-order valence-corrected chi connectivity index (χ0v) is 14.2. The Balaban J connectivity index is 1.59. The number of likely N-dealkylation sites (tertiary alicyclic amines) is 1. The third kappa shape index (κ3) is 3.72. The lowest BCUT2D eigenvalue weighted by molar-refractivity contribution is 0.0689. The van der Waals surface area contributed by atoms with Crippen LogP contribution in [0.15, 0.2) is 41.5 Å². The summed E-state index contributed by atoms with van der Waals surface area (Å²) in [6.07, 6.45) is 6.56. The number of pyridine rings is 2. The highest BCUT2D eigenvalue weighted by atomic mass is 16.2. The summed E-state index contributed by atoms with van der Waals surface area (Å²) in [5.41, 5.74) is 2.86. The van der Waals surface area contributed by atoms with Crippen molar-refractivity contribution < 1.29 is 4.79 Å². The highest BCUT2D eigenvalue weighted by Crippen LogP contribution is 2.22. The second-order valence-electron chi connectivity index (χ2n) is 6.61. The summed E-state index contributed by atoms with van der Waals surface area (Å²) >= 11 is 0. The molecule has 1 saturated heterocycles. The van der Waals surface area contributed by atoms with Crippen LogP contribution in [-0.2, 0) is 13.5 Å². The molecule has 0 radical (unpaired) electrons. The first-order chi connectivity index (χ1) is 11.5. The summed E-state index contributed by atoms with van der Waals surface area (Å²) in [6, 6.07) is 7.29. The van der Waals surface area contributed by atoms with Gasteiger partial charge >= 0.3 is 0 Å². The van der Waals surface area contributed by atoms with Crippen LogP contribution < -0.4 is 5.56 Å². The van der Waals surface area contributed by atoms with E-state index in [2.05, 4.69) is 17.1 Å². The molecule has 2 aromatic heterocycles. The van der Waals surface area contributed by atoms with Gasteiger partial charge in [0.2, 0.25) is 5.56 Å². The van der Waals surface area contributed by atoms with E-state index in [1.165, 1.54) is 16.2 Å². The fraction of sp³-hybridized carbons (Fsp3) is 0.421. The molecule has 24 heavy (non-hydrogen) atoms. The van der Waals surface area contributed by atoms with Crippen molar-refractivity contribution in [2.24, 2.45) is 13.0 Å². The Morgan fingerprint density at radius 3 is 2.67 bits per heavy atom. The molecule has 1 aliphatic rings. The Labute approximate surface area is 141 Å². The Bertz CT molecular complexity index is 789. The van der Waals surface area contributed by atoms with Gasteiger partial charge < -0.3 is 9.47 Å². The van der Waals surface area contributed by atoms with Crippen LogP contribution in [0.5, 0.6) is 0 Å². The molecule has 1 amide bonds. The van der Waals surface area contributed by atoms with Crippen molar-refractivity contribution in [3.63, 3.8) is 0 Å². The van der Waals surface area contributed by atoms with E-state index in [0.717, 1.165) is 38.0 Å². The number of nitrogens with zero attached hydrogens (tertiary/aromatic N) is 3. The zero-order chi connectivity index (χ0) is 17.1. The lowest BCUT2D eigenvalue weighted by Gasteiger charge is -2.32. The number of aromatic nitrogens is 2. The maximum absolute atomic E-state index is 12.6. The molecular weight excluding hydrogens is 302 g/mol. The molecular formula is C19H23N3O2. The quantitative estimate of drug-likeness (QED) is 0.869. The van der Waals surface area contributed by atoms with Crippen molar-refractivity contribution in [3.05, 3.63) is 63.8 Å². The van der Waals surface area contributed by atoms with Crippen molar-refractivity contribution in [1.82, 2.24) is 14.5 Å². The average molecular weight is 325 g/mol. The number of amides is 1. The van der Waals surface area contributed by atoms with Crippen LogP contribution in [0, 0.1) is 12.8 Å². The summed E-state index contributed by atoms with van der Waals surface area (Å²) in [6.45, 7) is 3.56. The number of hydrogen-bond acceptors (Lipinski definition) is 3. The van der Waals surface area contributed by atoms with Gasteiger partial charge in [0.05, 0.1) is 5.56 Å². The Kier molecular flexibility index (Phi) is 4.79. The molecule has 3 rings (SSSR count). The zero-order valence-electron chi connectivity index (χ0n) is 14.2. The Hall–Kier alpha value is -2.43. The van der Waals surface area contributed by atoms with Crippen LogP contribution >= 0.6 is 0 Å². The average Bonchev–Trinajstić information content (AvgIpc) is 2.57. The van der Waals surface area contributed by atoms with Crippen LogP contribution in [0.25, 0.3) is 0 Å². The maximum atomic E-state index is 12.6. The SMILES string of the molecule is Cc1cc(CC2CCN(C(=O)c3ccc(=O)n(C)c3)CC2)ccn1. The fourth-order valence-electron chi connectivity index (χ4n) is 3.31. The van der Waals surface area contributed by atoms with Gasteiger partial charge in [0, 0.05) is 44.3 Å². The van der Waals surface area contributed by atoms with E-state index in [4.69, 9.17) is 0 Å². The van der Waals surface area contributed by atoms with Gasteiger partial charge in [-0.05, 0) is 55.9 Å². The van der Waals surface area contributed by atoms with Crippen LogP contribution in [-0.4, -0.2) is 33.4 Å². The minimum atomic E-state index is -0.0992. The van der Waals surface area contributed by atoms with E-state index in [0.29, 0.717) is 11.5 Å². The summed E-state index contributed by atoms with van der Waals surface area (Å²) in [5.74, 6) is 0.625. The summed E-state index contributed by atoms with van der Waals surface area (Å²) in [4.78, 5) is 30.2. The molecule has 5 heteroatoms. The molecule has 0 aromatic carbocycles. The Morgan fingerprint density at radius 1 is 1.25 bits per heavy atom. The summed E-state index contributed by atoms with van der Waals surface area (Å²) in [7, 11) is 1.67. The van der Waals surface area contributed by atoms with Crippen molar-refractivity contribution >= 4 is 5.91 Å². The van der Waals surface area contributed by atoms with E-state index in [9.17, 15) is 9.59 Å².